The van der Waals surface area contributed by atoms with E-state index in [-0.39, 0.29) is 5.75 Å². The molecule has 0 aliphatic rings. The number of carboxylic acid groups (broad SMARTS) is 1. The maximum atomic E-state index is 12.7. The molecule has 0 heterocycles. The third kappa shape index (κ3) is 6.82. The van der Waals surface area contributed by atoms with Gasteiger partial charge in [-0.2, -0.15) is 0 Å². The van der Waals surface area contributed by atoms with Crippen LogP contribution in [0.2, 0.25) is 0 Å². The van der Waals surface area contributed by atoms with Crippen LogP contribution in [0.3, 0.4) is 0 Å². The van der Waals surface area contributed by atoms with Crippen molar-refractivity contribution in [2.45, 2.75) is 12.2 Å². The Hall–Kier alpha value is -3.37. The average molecular weight is 464 g/mol. The van der Waals surface area contributed by atoms with E-state index in [4.69, 9.17) is 24.1 Å². The maximum absolute atomic E-state index is 12.7. The molecule has 0 aliphatic carbocycles. The maximum Gasteiger partial charge on any atom is 0.312 e. The largest absolute Gasteiger partial charge is 0.612 e. The van der Waals surface area contributed by atoms with Crippen molar-refractivity contribution in [3.8, 4) is 23.0 Å². The number of amides is 1. The van der Waals surface area contributed by atoms with Gasteiger partial charge in [-0.05, 0) is 23.3 Å². The van der Waals surface area contributed by atoms with Gasteiger partial charge in [-0.15, -0.1) is 0 Å². The fourth-order valence-corrected chi connectivity index (χ4v) is 3.72. The van der Waals surface area contributed by atoms with Gasteiger partial charge in [-0.1, -0.05) is 6.07 Å². The number of aliphatic carboxylic acids is 1. The minimum absolute atomic E-state index is 0.156. The minimum Gasteiger partial charge on any atom is -0.612 e. The van der Waals surface area contributed by atoms with E-state index in [0.717, 1.165) is 0 Å². The van der Waals surface area contributed by atoms with Crippen LogP contribution < -0.4 is 24.3 Å². The Bertz CT molecular complexity index is 967. The Kier molecular flexibility index (Phi) is 9.23. The SMILES string of the molecule is COc1cc(OC)c(/C=C/[S+]([O-])Cc2ccc(OC)c(NC(=O)CC(=O)O)c2)c(OC)c1. The van der Waals surface area contributed by atoms with Crippen molar-refractivity contribution < 1.29 is 38.2 Å². The Morgan fingerprint density at radius 2 is 1.62 bits per heavy atom. The van der Waals surface area contributed by atoms with Crippen molar-refractivity contribution in [3.63, 3.8) is 0 Å². The summed E-state index contributed by atoms with van der Waals surface area (Å²) in [6.45, 7) is 0. The highest BCUT2D eigenvalue weighted by Crippen LogP contribution is 2.35. The number of nitrogens with one attached hydrogen (secondary N) is 1. The minimum atomic E-state index is -1.41. The molecule has 2 rings (SSSR count). The molecule has 2 aromatic carbocycles. The van der Waals surface area contributed by atoms with Gasteiger partial charge in [0.05, 0.1) is 39.7 Å². The van der Waals surface area contributed by atoms with Gasteiger partial charge < -0.3 is 33.9 Å². The molecule has 0 saturated carbocycles. The monoisotopic (exact) mass is 463 g/mol. The smallest absolute Gasteiger partial charge is 0.312 e. The molecule has 0 radical (unpaired) electrons. The van der Waals surface area contributed by atoms with Crippen LogP contribution in [0.5, 0.6) is 23.0 Å². The first-order chi connectivity index (χ1) is 15.3. The van der Waals surface area contributed by atoms with Crippen LogP contribution in [-0.2, 0) is 26.5 Å². The van der Waals surface area contributed by atoms with E-state index in [0.29, 0.717) is 39.8 Å². The summed E-state index contributed by atoms with van der Waals surface area (Å²) in [7, 11) is 5.99. The van der Waals surface area contributed by atoms with E-state index in [1.165, 1.54) is 33.8 Å². The molecule has 1 atom stereocenters. The summed E-state index contributed by atoms with van der Waals surface area (Å²) in [5, 5.41) is 12.8. The molecule has 0 bridgehead atoms. The van der Waals surface area contributed by atoms with Gasteiger partial charge in [-0.3, -0.25) is 9.59 Å². The predicted molar refractivity (Wildman–Crippen MR) is 121 cm³/mol. The molecule has 0 aromatic heterocycles. The van der Waals surface area contributed by atoms with Crippen molar-refractivity contribution in [2.75, 3.05) is 33.8 Å². The lowest BCUT2D eigenvalue weighted by atomic mass is 10.1. The van der Waals surface area contributed by atoms with Crippen molar-refractivity contribution >= 4 is 34.8 Å². The first-order valence-corrected chi connectivity index (χ1v) is 10.7. The van der Waals surface area contributed by atoms with E-state index in [2.05, 4.69) is 5.32 Å². The molecule has 10 heteroatoms. The summed E-state index contributed by atoms with van der Waals surface area (Å²) in [6, 6.07) is 8.31. The van der Waals surface area contributed by atoms with Crippen molar-refractivity contribution in [2.24, 2.45) is 0 Å². The molecule has 0 spiro atoms. The third-order valence-corrected chi connectivity index (χ3v) is 5.36. The van der Waals surface area contributed by atoms with Gasteiger partial charge in [0.25, 0.3) is 0 Å². The fraction of sp³-hybridized carbons (Fsp3) is 0.273. The molecule has 2 aromatic rings. The van der Waals surface area contributed by atoms with Crippen LogP contribution in [0.4, 0.5) is 5.69 Å². The summed E-state index contributed by atoms with van der Waals surface area (Å²) in [6.07, 6.45) is 0.972. The molecule has 0 fully saturated rings. The van der Waals surface area contributed by atoms with Crippen LogP contribution >= 0.6 is 0 Å². The van der Waals surface area contributed by atoms with E-state index in [1.54, 1.807) is 36.4 Å². The zero-order valence-electron chi connectivity index (χ0n) is 18.2. The quantitative estimate of drug-likeness (QED) is 0.385. The number of methoxy groups -OCH3 is 4. The number of carbonyl (C=O) groups excluding carboxylic acids is 1. The molecule has 0 aliphatic heterocycles. The lowest BCUT2D eigenvalue weighted by Crippen LogP contribution is -2.16. The summed E-state index contributed by atoms with van der Waals surface area (Å²) in [5.74, 6) is 0.156. The van der Waals surface area contributed by atoms with Gasteiger partial charge >= 0.3 is 5.97 Å². The van der Waals surface area contributed by atoms with Crippen molar-refractivity contribution in [1.82, 2.24) is 0 Å². The molecule has 2 N–H and O–H groups in total. The predicted octanol–water partition coefficient (Wildman–Crippen LogP) is 3.05. The summed E-state index contributed by atoms with van der Waals surface area (Å²) >= 11 is -1.41. The van der Waals surface area contributed by atoms with Crippen LogP contribution in [0.1, 0.15) is 17.5 Å². The van der Waals surface area contributed by atoms with E-state index in [9.17, 15) is 14.1 Å². The highest BCUT2D eigenvalue weighted by molar-refractivity contribution is 7.93. The second kappa shape index (κ2) is 11.9. The second-order valence-electron chi connectivity index (χ2n) is 6.43. The van der Waals surface area contributed by atoms with Crippen molar-refractivity contribution in [1.29, 1.82) is 0 Å². The lowest BCUT2D eigenvalue weighted by Gasteiger charge is -2.13. The molecule has 1 amide bonds. The molecule has 0 saturated heterocycles. The van der Waals surface area contributed by atoms with Gasteiger partial charge in [0.1, 0.15) is 40.6 Å². The van der Waals surface area contributed by atoms with Gasteiger partial charge in [0, 0.05) is 23.8 Å². The Labute approximate surface area is 189 Å². The number of hydrogen-bond donors (Lipinski definition) is 2. The van der Waals surface area contributed by atoms with E-state index in [1.807, 2.05) is 0 Å². The third-order valence-electron chi connectivity index (χ3n) is 4.30. The van der Waals surface area contributed by atoms with Gasteiger partial charge in [0.15, 0.2) is 0 Å². The molecular weight excluding hydrogens is 438 g/mol. The molecular formula is C22H25NO8S. The first-order valence-electron chi connectivity index (χ1n) is 9.35. The first kappa shape index (κ1) is 24.9. The van der Waals surface area contributed by atoms with Gasteiger partial charge in [0.2, 0.25) is 5.91 Å². The Balaban J connectivity index is 2.20. The second-order valence-corrected chi connectivity index (χ2v) is 7.75. The lowest BCUT2D eigenvalue weighted by molar-refractivity contribution is -0.139. The molecule has 9 nitrogen and oxygen atoms in total. The Morgan fingerprint density at radius 1 is 1.00 bits per heavy atom. The number of benzene rings is 2. The summed E-state index contributed by atoms with van der Waals surface area (Å²) in [4.78, 5) is 22.5. The number of anilines is 1. The summed E-state index contributed by atoms with van der Waals surface area (Å²) < 4.78 is 33.8. The van der Waals surface area contributed by atoms with E-state index < -0.39 is 29.5 Å². The normalized spacial score (nSPS) is 11.7. The number of rotatable bonds is 11. The molecule has 32 heavy (non-hydrogen) atoms. The zero-order chi connectivity index (χ0) is 23.7. The standard InChI is InChI=1S/C22H25NO8S/c1-28-15-10-19(30-3)16(20(11-15)31-4)7-8-32(27)13-14-5-6-18(29-2)17(9-14)23-21(24)12-22(25)26/h5-11H,12-13H2,1-4H3,(H,23,24)(H,25,26)/b8-7+. The number of carbonyl (C=O) groups is 2. The summed E-state index contributed by atoms with van der Waals surface area (Å²) in [5.41, 5.74) is 1.57. The fourth-order valence-electron chi connectivity index (χ4n) is 2.83. The Morgan fingerprint density at radius 3 is 2.16 bits per heavy atom. The topological polar surface area (TPSA) is 126 Å². The zero-order valence-corrected chi connectivity index (χ0v) is 19.0. The molecule has 1 unspecified atom stereocenters. The number of ether oxygens (including phenoxy) is 4. The van der Waals surface area contributed by atoms with Crippen LogP contribution in [0.25, 0.3) is 6.08 Å². The molecule has 172 valence electrons. The highest BCUT2D eigenvalue weighted by Gasteiger charge is 2.15. The average Bonchev–Trinajstić information content (AvgIpc) is 2.76. The van der Waals surface area contributed by atoms with Crippen LogP contribution in [-0.4, -0.2) is 50.0 Å². The van der Waals surface area contributed by atoms with Crippen LogP contribution in [0.15, 0.2) is 35.7 Å². The van der Waals surface area contributed by atoms with Gasteiger partial charge in [-0.25, -0.2) is 0 Å². The van der Waals surface area contributed by atoms with Crippen LogP contribution in [0, 0.1) is 0 Å². The highest BCUT2D eigenvalue weighted by atomic mass is 32.2. The van der Waals surface area contributed by atoms with E-state index >= 15 is 0 Å². The number of hydrogen-bond acceptors (Lipinski definition) is 7. The number of carboxylic acids is 1. The van der Waals surface area contributed by atoms with Crippen molar-refractivity contribution in [3.05, 3.63) is 46.9 Å².